The molecule has 3 heterocycles. The molecule has 40 heavy (non-hydrogen) atoms. The van der Waals surface area contributed by atoms with Crippen LogP contribution in [0.15, 0.2) is 54.6 Å². The molecule has 0 spiro atoms. The molecule has 1 aliphatic rings. The topological polar surface area (TPSA) is 121 Å². The van der Waals surface area contributed by atoms with Crippen molar-refractivity contribution in [2.45, 2.75) is 38.4 Å². The van der Waals surface area contributed by atoms with Gasteiger partial charge in [-0.15, -0.1) is 0 Å². The summed E-state index contributed by atoms with van der Waals surface area (Å²) in [6.45, 7) is 5.73. The molecular formula is C27H21F4N5O4. The fourth-order valence-corrected chi connectivity index (χ4v) is 4.22. The van der Waals surface area contributed by atoms with Crippen LogP contribution in [0.2, 0.25) is 0 Å². The summed E-state index contributed by atoms with van der Waals surface area (Å²) < 4.78 is 63.5. The number of ether oxygens (including phenoxy) is 2. The van der Waals surface area contributed by atoms with Crippen molar-refractivity contribution >= 4 is 39.9 Å². The van der Waals surface area contributed by atoms with Crippen molar-refractivity contribution in [1.29, 1.82) is 5.26 Å². The molecule has 0 fully saturated rings. The van der Waals surface area contributed by atoms with E-state index in [-0.39, 0.29) is 17.2 Å². The second-order valence-electron chi connectivity index (χ2n) is 10.1. The monoisotopic (exact) mass is 555 g/mol. The number of aromatic nitrogens is 2. The van der Waals surface area contributed by atoms with Crippen LogP contribution in [0.25, 0.3) is 10.9 Å². The minimum Gasteiger partial charge on any atom is -0.464 e. The van der Waals surface area contributed by atoms with Gasteiger partial charge in [-0.05, 0) is 36.4 Å². The zero-order valence-corrected chi connectivity index (χ0v) is 21.2. The van der Waals surface area contributed by atoms with Gasteiger partial charge in [-0.2, -0.15) is 22.8 Å². The number of nitriles is 1. The zero-order valence-electron chi connectivity index (χ0n) is 21.2. The van der Waals surface area contributed by atoms with Crippen molar-refractivity contribution in [1.82, 2.24) is 9.55 Å². The van der Waals surface area contributed by atoms with Crippen molar-refractivity contribution in [2.24, 2.45) is 0 Å². The zero-order chi connectivity index (χ0) is 29.0. The summed E-state index contributed by atoms with van der Waals surface area (Å²) in [6.07, 6.45) is -10.8. The molecule has 0 unspecified atom stereocenters. The third-order valence-corrected chi connectivity index (χ3v) is 6.02. The van der Waals surface area contributed by atoms with Gasteiger partial charge in [0.2, 0.25) is 0 Å². The smallest absolute Gasteiger partial charge is 0.464 e. The van der Waals surface area contributed by atoms with Gasteiger partial charge >= 0.3 is 18.3 Å². The number of alkyl halides is 4. The Bertz CT molecular complexity index is 1710. The van der Waals surface area contributed by atoms with Crippen molar-refractivity contribution in [3.63, 3.8) is 0 Å². The van der Waals surface area contributed by atoms with Gasteiger partial charge in [-0.25, -0.2) is 14.3 Å². The Morgan fingerprint density at radius 1 is 0.925 bits per heavy atom. The van der Waals surface area contributed by atoms with Crippen LogP contribution >= 0.6 is 0 Å². The number of benzene rings is 2. The molecule has 0 amide bonds. The van der Waals surface area contributed by atoms with Crippen LogP contribution in [0.1, 0.15) is 32.2 Å². The SMILES string of the molecule is CC(C)(C)c1cc2ccc(Nc3cc(Nc4ccc5c(c4)OC(F)(F)C(F)(F)O5)cc(C#N)n3)cc2n1C(=O)O. The van der Waals surface area contributed by atoms with Gasteiger partial charge in [0.05, 0.1) is 5.52 Å². The first kappa shape index (κ1) is 26.6. The van der Waals surface area contributed by atoms with Crippen LogP contribution < -0.4 is 20.1 Å². The Hall–Kier alpha value is -4.99. The molecule has 2 aromatic heterocycles. The van der Waals surface area contributed by atoms with Crippen molar-refractivity contribution in [3.05, 3.63) is 66.0 Å². The molecule has 0 saturated carbocycles. The van der Waals surface area contributed by atoms with E-state index >= 15 is 0 Å². The molecular weight excluding hydrogens is 534 g/mol. The number of carbonyl (C=O) groups is 1. The first-order valence-corrected chi connectivity index (χ1v) is 11.8. The number of hydrogen-bond donors (Lipinski definition) is 3. The van der Waals surface area contributed by atoms with Gasteiger partial charge in [0, 0.05) is 45.7 Å². The minimum absolute atomic E-state index is 0.00114. The van der Waals surface area contributed by atoms with Gasteiger partial charge in [-0.1, -0.05) is 26.8 Å². The summed E-state index contributed by atoms with van der Waals surface area (Å²) in [4.78, 5) is 16.3. The van der Waals surface area contributed by atoms with Crippen LogP contribution in [0, 0.1) is 11.3 Å². The van der Waals surface area contributed by atoms with E-state index in [1.165, 1.54) is 22.8 Å². The first-order valence-electron chi connectivity index (χ1n) is 11.8. The quantitative estimate of drug-likeness (QED) is 0.227. The number of nitrogens with zero attached hydrogens (tertiary/aromatic N) is 3. The molecule has 0 atom stereocenters. The highest BCUT2D eigenvalue weighted by Gasteiger charge is 2.65. The van der Waals surface area contributed by atoms with Gasteiger partial charge in [-0.3, -0.25) is 0 Å². The molecule has 0 radical (unpaired) electrons. The third-order valence-electron chi connectivity index (χ3n) is 6.02. The van der Waals surface area contributed by atoms with E-state index in [0.29, 0.717) is 22.6 Å². The molecule has 0 bridgehead atoms. The van der Waals surface area contributed by atoms with Crippen molar-refractivity contribution < 1.29 is 36.9 Å². The fraction of sp³-hybridized carbons (Fsp3) is 0.222. The Balaban J connectivity index is 1.45. The summed E-state index contributed by atoms with van der Waals surface area (Å²) in [6, 6.07) is 15.2. The Kier molecular flexibility index (Phi) is 6.02. The average molecular weight is 555 g/mol. The summed E-state index contributed by atoms with van der Waals surface area (Å²) in [5.74, 6) is -0.945. The lowest BCUT2D eigenvalue weighted by atomic mass is 9.92. The minimum atomic E-state index is -4.87. The number of fused-ring (bicyclic) bond motifs is 2. The van der Waals surface area contributed by atoms with Crippen LogP contribution in [0.3, 0.4) is 0 Å². The lowest BCUT2D eigenvalue weighted by Gasteiger charge is -2.32. The molecule has 2 aromatic carbocycles. The molecule has 4 aromatic rings. The number of rotatable bonds is 4. The van der Waals surface area contributed by atoms with E-state index in [2.05, 4.69) is 25.1 Å². The standard InChI is InChI=1S/C27H21F4N5O4/c1-25(2,3)22-8-14-4-5-15(10-19(14)36(22)24(37)38)34-23-12-17(9-18(13-32)35-23)33-16-6-7-20-21(11-16)40-27(30,31)26(28,29)39-20/h4-12H,1-3H3,(H,37,38)(H2,33,34,35). The molecule has 13 heteroatoms. The molecule has 0 aliphatic carbocycles. The van der Waals surface area contributed by atoms with Gasteiger partial charge in [0.25, 0.3) is 0 Å². The van der Waals surface area contributed by atoms with E-state index < -0.39 is 35.2 Å². The molecule has 5 rings (SSSR count). The molecule has 206 valence electrons. The number of pyridine rings is 1. The first-order chi connectivity index (χ1) is 18.7. The van der Waals surface area contributed by atoms with Gasteiger partial charge in [0.1, 0.15) is 17.6 Å². The van der Waals surface area contributed by atoms with E-state index in [1.807, 2.05) is 32.9 Å². The highest BCUT2D eigenvalue weighted by molar-refractivity contribution is 5.93. The lowest BCUT2D eigenvalue weighted by Crippen LogP contribution is -2.52. The number of halogens is 4. The highest BCUT2D eigenvalue weighted by Crippen LogP contribution is 2.47. The third kappa shape index (κ3) is 4.79. The van der Waals surface area contributed by atoms with Crippen molar-refractivity contribution in [3.8, 4) is 17.6 Å². The maximum absolute atomic E-state index is 13.6. The van der Waals surface area contributed by atoms with E-state index in [1.54, 1.807) is 18.2 Å². The lowest BCUT2D eigenvalue weighted by molar-refractivity contribution is -0.391. The van der Waals surface area contributed by atoms with Crippen LogP contribution in [0.5, 0.6) is 11.5 Å². The second-order valence-corrected chi connectivity index (χ2v) is 10.1. The Morgan fingerprint density at radius 3 is 2.23 bits per heavy atom. The van der Waals surface area contributed by atoms with E-state index in [9.17, 15) is 32.7 Å². The normalized spacial score (nSPS) is 15.3. The van der Waals surface area contributed by atoms with Crippen LogP contribution in [0.4, 0.5) is 45.2 Å². The van der Waals surface area contributed by atoms with Gasteiger partial charge in [0.15, 0.2) is 11.5 Å². The summed E-state index contributed by atoms with van der Waals surface area (Å²) >= 11 is 0. The fourth-order valence-electron chi connectivity index (χ4n) is 4.22. The largest absolute Gasteiger partial charge is 0.507 e. The number of carboxylic acid groups (broad SMARTS) is 1. The number of nitrogens with one attached hydrogen (secondary N) is 2. The highest BCUT2D eigenvalue weighted by atomic mass is 19.3. The molecule has 3 N–H and O–H groups in total. The number of anilines is 4. The summed E-state index contributed by atoms with van der Waals surface area (Å²) in [5, 5.41) is 26.0. The second kappa shape index (κ2) is 9.04. The number of hydrogen-bond acceptors (Lipinski definition) is 7. The predicted molar refractivity (Wildman–Crippen MR) is 137 cm³/mol. The Labute approximate surface area is 224 Å². The van der Waals surface area contributed by atoms with Crippen molar-refractivity contribution in [2.75, 3.05) is 10.6 Å². The van der Waals surface area contributed by atoms with Gasteiger partial charge < -0.3 is 25.2 Å². The maximum Gasteiger partial charge on any atom is 0.507 e. The van der Waals surface area contributed by atoms with E-state index in [4.69, 9.17) is 0 Å². The molecule has 9 nitrogen and oxygen atoms in total. The summed E-state index contributed by atoms with van der Waals surface area (Å²) in [5.41, 5.74) is 1.62. The van der Waals surface area contributed by atoms with Crippen LogP contribution in [-0.2, 0) is 5.41 Å². The van der Waals surface area contributed by atoms with E-state index in [0.717, 1.165) is 17.5 Å². The Morgan fingerprint density at radius 2 is 1.57 bits per heavy atom. The molecule has 0 saturated heterocycles. The van der Waals surface area contributed by atoms with Crippen LogP contribution in [-0.4, -0.2) is 33.0 Å². The predicted octanol–water partition coefficient (Wildman–Crippen LogP) is 7.18. The summed E-state index contributed by atoms with van der Waals surface area (Å²) in [7, 11) is 0. The average Bonchev–Trinajstić information content (AvgIpc) is 3.24. The molecule has 1 aliphatic heterocycles. The maximum atomic E-state index is 13.6.